The summed E-state index contributed by atoms with van der Waals surface area (Å²) in [5, 5.41) is 9.34. The number of anilines is 1. The maximum atomic E-state index is 14.8. The standard InChI is InChI=1S/C31H35FN4O3/c1-22(34)13-16-35-17-14-27(15-18-35)36(21-25-19-23(20-33)3-12-30(25)32)26-6-10-29(11-7-26)39-28-8-4-24(5-9-28)31(37)38-2/h3-12,19,22,27H,13-18,21,34H2,1-2H3. The largest absolute Gasteiger partial charge is 0.465 e. The summed E-state index contributed by atoms with van der Waals surface area (Å²) in [5.74, 6) is 0.529. The summed E-state index contributed by atoms with van der Waals surface area (Å²) in [6, 6.07) is 21.5. The van der Waals surface area contributed by atoms with Gasteiger partial charge in [-0.3, -0.25) is 0 Å². The van der Waals surface area contributed by atoms with E-state index in [1.807, 2.05) is 31.2 Å². The first kappa shape index (κ1) is 28.1. The number of ether oxygens (including phenoxy) is 2. The molecule has 7 nitrogen and oxygen atoms in total. The van der Waals surface area contributed by atoms with Crippen molar-refractivity contribution in [1.82, 2.24) is 4.90 Å². The van der Waals surface area contributed by atoms with E-state index >= 15 is 0 Å². The molecule has 0 radical (unpaired) electrons. The molecule has 1 heterocycles. The number of benzene rings is 3. The van der Waals surface area contributed by atoms with E-state index in [1.165, 1.54) is 19.2 Å². The monoisotopic (exact) mass is 530 g/mol. The van der Waals surface area contributed by atoms with Crippen LogP contribution in [0.4, 0.5) is 10.1 Å². The number of rotatable bonds is 10. The third-order valence-corrected chi connectivity index (χ3v) is 7.09. The van der Waals surface area contributed by atoms with Gasteiger partial charge in [0.1, 0.15) is 17.3 Å². The highest BCUT2D eigenvalue weighted by Crippen LogP contribution is 2.30. The number of piperidine rings is 1. The van der Waals surface area contributed by atoms with Crippen LogP contribution in [0.25, 0.3) is 0 Å². The Labute approximate surface area is 229 Å². The molecule has 8 heteroatoms. The van der Waals surface area contributed by atoms with Gasteiger partial charge in [-0.05, 0) is 99.5 Å². The molecule has 0 amide bonds. The molecule has 1 aliphatic rings. The number of nitriles is 1. The lowest BCUT2D eigenvalue weighted by molar-refractivity contribution is 0.0600. The number of halogens is 1. The molecule has 2 N–H and O–H groups in total. The van der Waals surface area contributed by atoms with Crippen molar-refractivity contribution in [3.63, 3.8) is 0 Å². The summed E-state index contributed by atoms with van der Waals surface area (Å²) in [5.41, 5.74) is 8.30. The van der Waals surface area contributed by atoms with Crippen LogP contribution in [-0.4, -0.2) is 49.7 Å². The zero-order valence-electron chi connectivity index (χ0n) is 22.5. The molecule has 3 aromatic carbocycles. The van der Waals surface area contributed by atoms with Gasteiger partial charge in [0.05, 0.1) is 24.3 Å². The molecule has 0 aromatic heterocycles. The predicted octanol–water partition coefficient (Wildman–Crippen LogP) is 5.48. The molecular weight excluding hydrogens is 495 g/mol. The van der Waals surface area contributed by atoms with Crippen LogP contribution < -0.4 is 15.4 Å². The van der Waals surface area contributed by atoms with Crippen molar-refractivity contribution in [2.75, 3.05) is 31.6 Å². The molecule has 0 aliphatic carbocycles. The first-order valence-corrected chi connectivity index (χ1v) is 13.3. The molecule has 1 atom stereocenters. The summed E-state index contributed by atoms with van der Waals surface area (Å²) < 4.78 is 25.5. The lowest BCUT2D eigenvalue weighted by Crippen LogP contribution is -2.45. The first-order valence-electron chi connectivity index (χ1n) is 13.3. The minimum absolute atomic E-state index is 0.182. The van der Waals surface area contributed by atoms with E-state index in [2.05, 4.69) is 15.9 Å². The minimum Gasteiger partial charge on any atom is -0.465 e. The average Bonchev–Trinajstić information content (AvgIpc) is 2.96. The van der Waals surface area contributed by atoms with E-state index in [0.29, 0.717) is 34.7 Å². The fourth-order valence-electron chi connectivity index (χ4n) is 4.84. The number of nitrogens with zero attached hydrogens (tertiary/aromatic N) is 3. The maximum absolute atomic E-state index is 14.8. The number of nitrogens with two attached hydrogens (primary N) is 1. The van der Waals surface area contributed by atoms with Crippen LogP contribution in [0, 0.1) is 17.1 Å². The quantitative estimate of drug-likeness (QED) is 0.347. The maximum Gasteiger partial charge on any atom is 0.337 e. The Morgan fingerprint density at radius 2 is 1.74 bits per heavy atom. The Balaban J connectivity index is 1.51. The summed E-state index contributed by atoms with van der Waals surface area (Å²) in [6.07, 6.45) is 2.86. The average molecular weight is 531 g/mol. The molecule has 0 saturated carbocycles. The van der Waals surface area contributed by atoms with Gasteiger partial charge in [-0.1, -0.05) is 0 Å². The lowest BCUT2D eigenvalue weighted by Gasteiger charge is -2.40. The molecular formula is C31H35FN4O3. The van der Waals surface area contributed by atoms with Gasteiger partial charge in [-0.2, -0.15) is 5.26 Å². The van der Waals surface area contributed by atoms with E-state index < -0.39 is 5.97 Å². The fraction of sp³-hybridized carbons (Fsp3) is 0.355. The number of hydrogen-bond acceptors (Lipinski definition) is 7. The van der Waals surface area contributed by atoms with Crippen molar-refractivity contribution in [2.24, 2.45) is 5.73 Å². The zero-order valence-corrected chi connectivity index (χ0v) is 22.5. The molecule has 1 unspecified atom stereocenters. The Morgan fingerprint density at radius 1 is 1.10 bits per heavy atom. The van der Waals surface area contributed by atoms with Gasteiger partial charge in [0.2, 0.25) is 0 Å². The van der Waals surface area contributed by atoms with Crippen molar-refractivity contribution >= 4 is 11.7 Å². The molecule has 204 valence electrons. The Hall–Kier alpha value is -3.93. The molecule has 1 aliphatic heterocycles. The molecule has 0 bridgehead atoms. The molecule has 0 spiro atoms. The van der Waals surface area contributed by atoms with E-state index in [9.17, 15) is 14.4 Å². The van der Waals surface area contributed by atoms with E-state index in [4.69, 9.17) is 15.2 Å². The van der Waals surface area contributed by atoms with Crippen LogP contribution in [0.5, 0.6) is 11.5 Å². The molecule has 39 heavy (non-hydrogen) atoms. The first-order chi connectivity index (χ1) is 18.9. The van der Waals surface area contributed by atoms with Crippen molar-refractivity contribution < 1.29 is 18.7 Å². The third-order valence-electron chi connectivity index (χ3n) is 7.09. The second-order valence-corrected chi connectivity index (χ2v) is 10.00. The Morgan fingerprint density at radius 3 is 2.33 bits per heavy atom. The Kier molecular flexibility index (Phi) is 9.53. The van der Waals surface area contributed by atoms with Crippen LogP contribution in [0.1, 0.15) is 47.7 Å². The molecule has 3 aromatic rings. The molecule has 1 saturated heterocycles. The van der Waals surface area contributed by atoms with Gasteiger partial charge < -0.3 is 25.0 Å². The van der Waals surface area contributed by atoms with Crippen molar-refractivity contribution in [2.45, 2.75) is 44.8 Å². The highest BCUT2D eigenvalue weighted by atomic mass is 19.1. The van der Waals surface area contributed by atoms with Crippen molar-refractivity contribution in [3.8, 4) is 17.6 Å². The van der Waals surface area contributed by atoms with Crippen LogP contribution in [-0.2, 0) is 11.3 Å². The van der Waals surface area contributed by atoms with Gasteiger partial charge in [0.25, 0.3) is 0 Å². The molecule has 1 fully saturated rings. The summed E-state index contributed by atoms with van der Waals surface area (Å²) >= 11 is 0. The molecule has 4 rings (SSSR count). The van der Waals surface area contributed by atoms with Gasteiger partial charge >= 0.3 is 5.97 Å². The predicted molar refractivity (Wildman–Crippen MR) is 149 cm³/mol. The van der Waals surface area contributed by atoms with Gasteiger partial charge in [0, 0.05) is 43.0 Å². The van der Waals surface area contributed by atoms with Crippen molar-refractivity contribution in [1.29, 1.82) is 5.26 Å². The van der Waals surface area contributed by atoms with Crippen molar-refractivity contribution in [3.05, 3.63) is 89.2 Å². The van der Waals surface area contributed by atoms with E-state index in [-0.39, 0.29) is 17.9 Å². The summed E-state index contributed by atoms with van der Waals surface area (Å²) in [6.45, 7) is 5.29. The highest BCUT2D eigenvalue weighted by Gasteiger charge is 2.26. The Bertz CT molecular complexity index is 1280. The summed E-state index contributed by atoms with van der Waals surface area (Å²) in [7, 11) is 1.35. The second kappa shape index (κ2) is 13.2. The number of methoxy groups -OCH3 is 1. The second-order valence-electron chi connectivity index (χ2n) is 10.00. The normalized spacial score (nSPS) is 14.8. The number of carbonyl (C=O) groups excluding carboxylic acids is 1. The zero-order chi connectivity index (χ0) is 27.8. The van der Waals surface area contributed by atoms with Gasteiger partial charge in [-0.15, -0.1) is 0 Å². The van der Waals surface area contributed by atoms with E-state index in [0.717, 1.165) is 44.6 Å². The fourth-order valence-corrected chi connectivity index (χ4v) is 4.84. The van der Waals surface area contributed by atoms with Gasteiger partial charge in [-0.25, -0.2) is 9.18 Å². The number of hydrogen-bond donors (Lipinski definition) is 1. The van der Waals surface area contributed by atoms with E-state index in [1.54, 1.807) is 30.3 Å². The van der Waals surface area contributed by atoms with Crippen LogP contribution in [0.15, 0.2) is 66.7 Å². The number of esters is 1. The van der Waals surface area contributed by atoms with Crippen LogP contribution >= 0.6 is 0 Å². The minimum atomic E-state index is -0.400. The topological polar surface area (TPSA) is 91.8 Å². The van der Waals surface area contributed by atoms with Gasteiger partial charge in [0.15, 0.2) is 0 Å². The smallest absolute Gasteiger partial charge is 0.337 e. The van der Waals surface area contributed by atoms with Crippen LogP contribution in [0.2, 0.25) is 0 Å². The van der Waals surface area contributed by atoms with Crippen LogP contribution in [0.3, 0.4) is 0 Å². The SMILES string of the molecule is COC(=O)c1ccc(Oc2ccc(N(Cc3cc(C#N)ccc3F)C3CCN(CCC(C)N)CC3)cc2)cc1. The number of likely N-dealkylation sites (tertiary alicyclic amines) is 1. The lowest BCUT2D eigenvalue weighted by atomic mass is 10.00. The highest BCUT2D eigenvalue weighted by molar-refractivity contribution is 5.89. The summed E-state index contributed by atoms with van der Waals surface area (Å²) in [4.78, 5) is 16.3. The number of carbonyl (C=O) groups is 1. The third kappa shape index (κ3) is 7.56.